The molecule has 0 radical (unpaired) electrons. The summed E-state index contributed by atoms with van der Waals surface area (Å²) in [4.78, 5) is 2.15. The van der Waals surface area contributed by atoms with Crippen molar-refractivity contribution in [1.82, 2.24) is 0 Å². The van der Waals surface area contributed by atoms with Gasteiger partial charge < -0.3 is 10.6 Å². The molecule has 1 saturated heterocycles. The molecule has 0 bridgehead atoms. The van der Waals surface area contributed by atoms with Crippen molar-refractivity contribution in [3.05, 3.63) is 29.6 Å². The van der Waals surface area contributed by atoms with Crippen LogP contribution in [-0.2, 0) is 0 Å². The van der Waals surface area contributed by atoms with Gasteiger partial charge in [0.2, 0.25) is 0 Å². The molecule has 1 aromatic rings. The molecule has 0 spiro atoms. The normalized spacial score (nSPS) is 21.0. The van der Waals surface area contributed by atoms with Gasteiger partial charge in [0, 0.05) is 29.6 Å². The molecule has 1 atom stereocenters. The molecule has 19 heavy (non-hydrogen) atoms. The maximum atomic E-state index is 14.2. The Balaban J connectivity index is 2.18. The van der Waals surface area contributed by atoms with E-state index in [2.05, 4.69) is 18.7 Å². The molecule has 1 fully saturated rings. The molecule has 106 valence electrons. The van der Waals surface area contributed by atoms with Crippen LogP contribution in [0.5, 0.6) is 0 Å². The van der Waals surface area contributed by atoms with E-state index in [1.807, 2.05) is 30.8 Å². The lowest BCUT2D eigenvalue weighted by atomic mass is 10.1. The van der Waals surface area contributed by atoms with Gasteiger partial charge in [-0.05, 0) is 31.0 Å². The lowest BCUT2D eigenvalue weighted by molar-refractivity contribution is 0.599. The van der Waals surface area contributed by atoms with E-state index < -0.39 is 0 Å². The van der Waals surface area contributed by atoms with Gasteiger partial charge in [0.05, 0.1) is 5.69 Å². The van der Waals surface area contributed by atoms with Crippen LogP contribution < -0.4 is 10.6 Å². The zero-order valence-corrected chi connectivity index (χ0v) is 12.8. The number of anilines is 1. The Labute approximate surface area is 119 Å². The smallest absolute Gasteiger partial charge is 0.146 e. The molecule has 0 amide bonds. The van der Waals surface area contributed by atoms with Crippen LogP contribution in [0.1, 0.15) is 38.8 Å². The molecule has 0 aromatic heterocycles. The first-order valence-electron chi connectivity index (χ1n) is 6.83. The molecular formula is C15H23FN2S. The number of nitrogens with zero attached hydrogens (tertiary/aromatic N) is 1. The molecule has 1 aliphatic heterocycles. The predicted octanol–water partition coefficient (Wildman–Crippen LogP) is 3.57. The van der Waals surface area contributed by atoms with Crippen molar-refractivity contribution in [2.45, 2.75) is 38.0 Å². The third-order valence-corrected chi connectivity index (χ3v) is 5.05. The van der Waals surface area contributed by atoms with E-state index >= 15 is 0 Å². The van der Waals surface area contributed by atoms with Crippen molar-refractivity contribution >= 4 is 17.4 Å². The minimum atomic E-state index is -0.153. The Hall–Kier alpha value is -0.740. The first-order valence-corrected chi connectivity index (χ1v) is 7.81. The van der Waals surface area contributed by atoms with Crippen LogP contribution in [0.3, 0.4) is 0 Å². The van der Waals surface area contributed by atoms with Gasteiger partial charge in [-0.1, -0.05) is 19.9 Å². The van der Waals surface area contributed by atoms with E-state index in [1.165, 1.54) is 0 Å². The fourth-order valence-electron chi connectivity index (χ4n) is 2.32. The second-order valence-corrected chi connectivity index (χ2v) is 7.65. The average Bonchev–Trinajstić information content (AvgIpc) is 2.50. The first-order chi connectivity index (χ1) is 8.89. The van der Waals surface area contributed by atoms with E-state index in [0.29, 0.717) is 5.69 Å². The highest BCUT2D eigenvalue weighted by Crippen LogP contribution is 2.33. The Morgan fingerprint density at radius 3 is 2.74 bits per heavy atom. The standard InChI is InChI=1S/C15H23FN2S/c1-11(17)12-4-5-14(13(16)10-12)18-7-6-15(2,3)19-9-8-18/h4-5,10-11H,6-9,17H2,1-3H3/t11-/m0/s1. The number of hydrogen-bond acceptors (Lipinski definition) is 3. The summed E-state index contributed by atoms with van der Waals surface area (Å²) in [5, 5.41) is 0. The number of rotatable bonds is 2. The van der Waals surface area contributed by atoms with Crippen LogP contribution in [0.4, 0.5) is 10.1 Å². The van der Waals surface area contributed by atoms with Crippen LogP contribution in [0.2, 0.25) is 0 Å². The van der Waals surface area contributed by atoms with E-state index in [1.54, 1.807) is 6.07 Å². The van der Waals surface area contributed by atoms with E-state index in [0.717, 1.165) is 30.8 Å². The summed E-state index contributed by atoms with van der Waals surface area (Å²) in [6.45, 7) is 8.21. The number of nitrogens with two attached hydrogens (primary N) is 1. The summed E-state index contributed by atoms with van der Waals surface area (Å²) < 4.78 is 14.5. The van der Waals surface area contributed by atoms with Crippen molar-refractivity contribution in [2.24, 2.45) is 5.73 Å². The van der Waals surface area contributed by atoms with Crippen molar-refractivity contribution in [2.75, 3.05) is 23.7 Å². The van der Waals surface area contributed by atoms with Gasteiger partial charge in [-0.25, -0.2) is 4.39 Å². The molecule has 4 heteroatoms. The van der Waals surface area contributed by atoms with Gasteiger partial charge in [0.15, 0.2) is 0 Å². The summed E-state index contributed by atoms with van der Waals surface area (Å²) >= 11 is 1.97. The number of thioether (sulfide) groups is 1. The Morgan fingerprint density at radius 2 is 2.11 bits per heavy atom. The van der Waals surface area contributed by atoms with Crippen LogP contribution in [0.25, 0.3) is 0 Å². The zero-order chi connectivity index (χ0) is 14.0. The number of hydrogen-bond donors (Lipinski definition) is 1. The minimum absolute atomic E-state index is 0.123. The quantitative estimate of drug-likeness (QED) is 0.899. The van der Waals surface area contributed by atoms with Gasteiger partial charge in [-0.3, -0.25) is 0 Å². The van der Waals surface area contributed by atoms with Gasteiger partial charge >= 0.3 is 0 Å². The van der Waals surface area contributed by atoms with Crippen LogP contribution in [0.15, 0.2) is 18.2 Å². The van der Waals surface area contributed by atoms with Crippen LogP contribution in [0, 0.1) is 5.82 Å². The van der Waals surface area contributed by atoms with Gasteiger partial charge in [-0.15, -0.1) is 0 Å². The largest absolute Gasteiger partial charge is 0.368 e. The van der Waals surface area contributed by atoms with E-state index in [9.17, 15) is 4.39 Å². The van der Waals surface area contributed by atoms with Gasteiger partial charge in [0.25, 0.3) is 0 Å². The summed E-state index contributed by atoms with van der Waals surface area (Å²) in [5.41, 5.74) is 7.35. The lowest BCUT2D eigenvalue weighted by Crippen LogP contribution is -2.27. The first kappa shape index (κ1) is 14.7. The van der Waals surface area contributed by atoms with Crippen molar-refractivity contribution in [1.29, 1.82) is 0 Å². The molecule has 1 heterocycles. The highest BCUT2D eigenvalue weighted by Gasteiger charge is 2.24. The number of benzene rings is 1. The molecule has 0 aliphatic carbocycles. The highest BCUT2D eigenvalue weighted by molar-refractivity contribution is 8.00. The van der Waals surface area contributed by atoms with Crippen LogP contribution >= 0.6 is 11.8 Å². The Kier molecular flexibility index (Phi) is 4.41. The monoisotopic (exact) mass is 282 g/mol. The third-order valence-electron chi connectivity index (χ3n) is 3.68. The molecule has 0 unspecified atom stereocenters. The summed E-state index contributed by atoms with van der Waals surface area (Å²) in [7, 11) is 0. The second kappa shape index (κ2) is 5.71. The fourth-order valence-corrected chi connectivity index (χ4v) is 3.42. The Bertz CT molecular complexity index is 446. The highest BCUT2D eigenvalue weighted by atomic mass is 32.2. The molecule has 1 aliphatic rings. The molecule has 0 saturated carbocycles. The lowest BCUT2D eigenvalue weighted by Gasteiger charge is -2.25. The maximum Gasteiger partial charge on any atom is 0.146 e. The summed E-state index contributed by atoms with van der Waals surface area (Å²) in [6.07, 6.45) is 1.08. The molecule has 2 N–H and O–H groups in total. The topological polar surface area (TPSA) is 29.3 Å². The SMILES string of the molecule is C[C@H](N)c1ccc(N2CCSC(C)(C)CC2)c(F)c1. The maximum absolute atomic E-state index is 14.2. The fraction of sp³-hybridized carbons (Fsp3) is 0.600. The molecule has 2 nitrogen and oxygen atoms in total. The van der Waals surface area contributed by atoms with E-state index in [4.69, 9.17) is 5.73 Å². The average molecular weight is 282 g/mol. The van der Waals surface area contributed by atoms with Crippen molar-refractivity contribution in [3.8, 4) is 0 Å². The Morgan fingerprint density at radius 1 is 1.37 bits per heavy atom. The van der Waals surface area contributed by atoms with Crippen molar-refractivity contribution < 1.29 is 4.39 Å². The number of halogens is 1. The molecular weight excluding hydrogens is 259 g/mol. The zero-order valence-electron chi connectivity index (χ0n) is 11.9. The second-order valence-electron chi connectivity index (χ2n) is 5.84. The summed E-state index contributed by atoms with van der Waals surface area (Å²) in [6, 6.07) is 5.26. The minimum Gasteiger partial charge on any atom is -0.368 e. The van der Waals surface area contributed by atoms with E-state index in [-0.39, 0.29) is 16.6 Å². The van der Waals surface area contributed by atoms with Crippen LogP contribution in [-0.4, -0.2) is 23.6 Å². The molecule has 2 rings (SSSR count). The van der Waals surface area contributed by atoms with Crippen molar-refractivity contribution in [3.63, 3.8) is 0 Å². The van der Waals surface area contributed by atoms with Gasteiger partial charge in [-0.2, -0.15) is 11.8 Å². The third kappa shape index (κ3) is 3.63. The summed E-state index contributed by atoms with van der Waals surface area (Å²) in [5.74, 6) is 0.890. The predicted molar refractivity (Wildman–Crippen MR) is 82.4 cm³/mol. The molecule has 1 aromatic carbocycles. The van der Waals surface area contributed by atoms with Gasteiger partial charge in [0.1, 0.15) is 5.82 Å².